The molecule has 21 heavy (non-hydrogen) atoms. The number of fused-ring (bicyclic) bond motifs is 1. The summed E-state index contributed by atoms with van der Waals surface area (Å²) in [4.78, 5) is 23.8. The van der Waals surface area contributed by atoms with Crippen LogP contribution in [0.1, 0.15) is 25.8 Å². The largest absolute Gasteiger partial charge is 0.396 e. The summed E-state index contributed by atoms with van der Waals surface area (Å²) < 4.78 is 1.99. The van der Waals surface area contributed by atoms with Crippen molar-refractivity contribution < 1.29 is 9.90 Å². The number of imidazole rings is 1. The summed E-state index contributed by atoms with van der Waals surface area (Å²) in [5.41, 5.74) is 1.38. The summed E-state index contributed by atoms with van der Waals surface area (Å²) in [6.07, 6.45) is 3.79. The Kier molecular flexibility index (Phi) is 2.56. The van der Waals surface area contributed by atoms with Gasteiger partial charge in [-0.1, -0.05) is 11.6 Å². The second-order valence-corrected chi connectivity index (χ2v) is 6.24. The Bertz CT molecular complexity index is 760. The first-order chi connectivity index (χ1) is 10.0. The van der Waals surface area contributed by atoms with Crippen molar-refractivity contribution in [1.82, 2.24) is 19.5 Å². The first-order valence-corrected chi connectivity index (χ1v) is 7.21. The van der Waals surface area contributed by atoms with Gasteiger partial charge in [-0.15, -0.1) is 0 Å². The van der Waals surface area contributed by atoms with E-state index in [9.17, 15) is 9.90 Å². The lowest BCUT2D eigenvalue weighted by atomic mass is 10.3. The summed E-state index contributed by atoms with van der Waals surface area (Å²) in [5.74, 6) is 0.319. The Morgan fingerprint density at radius 2 is 2.38 bits per heavy atom. The normalized spacial score (nSPS) is 29.9. The van der Waals surface area contributed by atoms with Crippen LogP contribution in [0.25, 0.3) is 11.2 Å². The second kappa shape index (κ2) is 4.14. The lowest BCUT2D eigenvalue weighted by Gasteiger charge is -2.05. The molecule has 2 fully saturated rings. The molecule has 8 heteroatoms. The van der Waals surface area contributed by atoms with E-state index in [1.165, 1.54) is 6.92 Å². The number of aromatic nitrogens is 4. The smallest absolute Gasteiger partial charge is 0.232 e. The van der Waals surface area contributed by atoms with E-state index >= 15 is 0 Å². The molecule has 3 atom stereocenters. The average Bonchev–Trinajstić information content (AvgIpc) is 3.27. The van der Waals surface area contributed by atoms with Gasteiger partial charge >= 0.3 is 0 Å². The van der Waals surface area contributed by atoms with Gasteiger partial charge in [-0.2, -0.15) is 9.97 Å². The lowest BCUT2D eigenvalue weighted by Crippen LogP contribution is -2.10. The number of nitrogens with zero attached hydrogens (tertiary/aromatic N) is 4. The summed E-state index contributed by atoms with van der Waals surface area (Å²) in [7, 11) is 0. The second-order valence-electron chi connectivity index (χ2n) is 5.88. The quantitative estimate of drug-likeness (QED) is 0.836. The third-order valence-corrected chi connectivity index (χ3v) is 4.84. The van der Waals surface area contributed by atoms with Crippen molar-refractivity contribution >= 4 is 34.6 Å². The van der Waals surface area contributed by atoms with E-state index in [0.29, 0.717) is 23.1 Å². The monoisotopic (exact) mass is 307 g/mol. The molecule has 2 aliphatic rings. The molecular weight excluding hydrogens is 294 g/mol. The fourth-order valence-electron chi connectivity index (χ4n) is 3.30. The van der Waals surface area contributed by atoms with E-state index in [-0.39, 0.29) is 29.0 Å². The third kappa shape index (κ3) is 1.84. The highest BCUT2D eigenvalue weighted by atomic mass is 35.5. The molecule has 2 aromatic rings. The highest BCUT2D eigenvalue weighted by molar-refractivity contribution is 6.33. The molecule has 0 aromatic carbocycles. The molecule has 0 bridgehead atoms. The number of nitrogens with one attached hydrogen (secondary N) is 1. The van der Waals surface area contributed by atoms with Crippen LogP contribution in [0.15, 0.2) is 6.33 Å². The Balaban J connectivity index is 1.74. The van der Waals surface area contributed by atoms with Crippen LogP contribution < -0.4 is 5.32 Å². The zero-order chi connectivity index (χ0) is 14.8. The zero-order valence-corrected chi connectivity index (χ0v) is 12.1. The fraction of sp³-hybridized carbons (Fsp3) is 0.538. The molecule has 0 unspecified atom stereocenters. The van der Waals surface area contributed by atoms with Crippen molar-refractivity contribution in [2.45, 2.75) is 25.8 Å². The minimum absolute atomic E-state index is 0.186. The molecule has 0 aliphatic heterocycles. The van der Waals surface area contributed by atoms with Crippen LogP contribution >= 0.6 is 11.6 Å². The highest BCUT2D eigenvalue weighted by Gasteiger charge is 2.71. The van der Waals surface area contributed by atoms with E-state index in [1.807, 2.05) is 4.57 Å². The van der Waals surface area contributed by atoms with Gasteiger partial charge in [-0.05, 0) is 24.2 Å². The number of anilines is 1. The molecule has 2 aromatic heterocycles. The van der Waals surface area contributed by atoms with Crippen molar-refractivity contribution in [3.63, 3.8) is 0 Å². The molecule has 0 saturated heterocycles. The lowest BCUT2D eigenvalue weighted by molar-refractivity contribution is -0.114. The average molecular weight is 308 g/mol. The maximum absolute atomic E-state index is 11.1. The number of aliphatic hydroxyl groups is 1. The van der Waals surface area contributed by atoms with Crippen molar-refractivity contribution in [3.05, 3.63) is 11.5 Å². The number of carbonyl (C=O) groups excluding carboxylic acids is 1. The van der Waals surface area contributed by atoms with E-state index in [2.05, 4.69) is 20.3 Å². The Morgan fingerprint density at radius 3 is 3.05 bits per heavy atom. The molecular formula is C13H14ClN5O2. The zero-order valence-electron chi connectivity index (χ0n) is 11.4. The van der Waals surface area contributed by atoms with Gasteiger partial charge in [0, 0.05) is 19.6 Å². The Morgan fingerprint density at radius 1 is 1.57 bits per heavy atom. The van der Waals surface area contributed by atoms with Crippen LogP contribution in [0.3, 0.4) is 0 Å². The Hall–Kier alpha value is -1.73. The molecule has 2 aliphatic carbocycles. The van der Waals surface area contributed by atoms with Crippen LogP contribution in [-0.4, -0.2) is 37.1 Å². The van der Waals surface area contributed by atoms with Crippen molar-refractivity contribution in [2.24, 2.45) is 11.3 Å². The number of aliphatic hydroxyl groups excluding tert-OH is 1. The standard InChI is InChI=1S/C13H14ClN5O2/c1-6(21)16-12-17-10(14)9-11(18-12)19(5-15-9)8-3-13(8)2-7(13)4-20/h5,7-8,20H,2-4H2,1H3,(H,16,17,18,21)/t7-,8-,13+/m0/s1. The van der Waals surface area contributed by atoms with Gasteiger partial charge < -0.3 is 9.67 Å². The van der Waals surface area contributed by atoms with Gasteiger partial charge in [-0.3, -0.25) is 10.1 Å². The maximum atomic E-state index is 11.1. The minimum Gasteiger partial charge on any atom is -0.396 e. The topological polar surface area (TPSA) is 92.9 Å². The summed E-state index contributed by atoms with van der Waals surface area (Å²) >= 11 is 6.11. The number of amides is 1. The van der Waals surface area contributed by atoms with Gasteiger partial charge in [0.15, 0.2) is 10.8 Å². The molecule has 4 rings (SSSR count). The molecule has 0 radical (unpaired) electrons. The van der Waals surface area contributed by atoms with Gasteiger partial charge in [0.1, 0.15) is 5.52 Å². The minimum atomic E-state index is -0.248. The van der Waals surface area contributed by atoms with E-state index < -0.39 is 0 Å². The van der Waals surface area contributed by atoms with Crippen molar-refractivity contribution in [2.75, 3.05) is 11.9 Å². The van der Waals surface area contributed by atoms with E-state index in [4.69, 9.17) is 11.6 Å². The fourth-order valence-corrected chi connectivity index (χ4v) is 3.52. The molecule has 2 N–H and O–H groups in total. The number of hydrogen-bond donors (Lipinski definition) is 2. The highest BCUT2D eigenvalue weighted by Crippen LogP contribution is 2.76. The summed E-state index contributed by atoms with van der Waals surface area (Å²) in [6, 6.07) is 0.302. The van der Waals surface area contributed by atoms with Crippen LogP contribution in [0.5, 0.6) is 0 Å². The number of rotatable bonds is 3. The third-order valence-electron chi connectivity index (χ3n) is 4.58. The van der Waals surface area contributed by atoms with Crippen LogP contribution in [-0.2, 0) is 4.79 Å². The molecule has 110 valence electrons. The number of hydrogen-bond acceptors (Lipinski definition) is 5. The molecule has 2 heterocycles. The van der Waals surface area contributed by atoms with Crippen LogP contribution in [0.4, 0.5) is 5.95 Å². The molecule has 1 amide bonds. The van der Waals surface area contributed by atoms with Crippen LogP contribution in [0, 0.1) is 11.3 Å². The van der Waals surface area contributed by atoms with Gasteiger partial charge in [0.2, 0.25) is 11.9 Å². The van der Waals surface area contributed by atoms with Crippen LogP contribution in [0.2, 0.25) is 5.15 Å². The predicted molar refractivity (Wildman–Crippen MR) is 75.9 cm³/mol. The van der Waals surface area contributed by atoms with Gasteiger partial charge in [0.25, 0.3) is 0 Å². The first-order valence-electron chi connectivity index (χ1n) is 6.83. The SMILES string of the molecule is CC(=O)Nc1nc(Cl)c2ncn([C@H]3C[C@@]34C[C@H]4CO)c2n1. The van der Waals surface area contributed by atoms with Crippen molar-refractivity contribution in [3.8, 4) is 0 Å². The number of halogens is 1. The van der Waals surface area contributed by atoms with Crippen molar-refractivity contribution in [1.29, 1.82) is 0 Å². The molecule has 7 nitrogen and oxygen atoms in total. The Labute approximate surface area is 125 Å². The van der Waals surface area contributed by atoms with Gasteiger partial charge in [-0.25, -0.2) is 4.98 Å². The summed E-state index contributed by atoms with van der Waals surface area (Å²) in [5, 5.41) is 12.1. The maximum Gasteiger partial charge on any atom is 0.232 e. The summed E-state index contributed by atoms with van der Waals surface area (Å²) in [6.45, 7) is 1.63. The first kappa shape index (κ1) is 13.0. The molecule has 2 saturated carbocycles. The van der Waals surface area contributed by atoms with E-state index in [0.717, 1.165) is 12.8 Å². The molecule has 1 spiro atoms. The van der Waals surface area contributed by atoms with Gasteiger partial charge in [0.05, 0.1) is 6.33 Å². The van der Waals surface area contributed by atoms with E-state index in [1.54, 1.807) is 6.33 Å². The number of carbonyl (C=O) groups is 1. The predicted octanol–water partition coefficient (Wildman–Crippen LogP) is 1.38.